The molecule has 0 unspecified atom stereocenters. The second-order valence-electron chi connectivity index (χ2n) is 6.70. The lowest BCUT2D eigenvalue weighted by molar-refractivity contribution is -0.278. The zero-order valence-electron chi connectivity index (χ0n) is 15.4. The lowest BCUT2D eigenvalue weighted by Crippen LogP contribution is -2.52. The van der Waals surface area contributed by atoms with Crippen molar-refractivity contribution in [2.75, 3.05) is 7.11 Å². The summed E-state index contributed by atoms with van der Waals surface area (Å²) in [5, 5.41) is 0. The van der Waals surface area contributed by atoms with Crippen LogP contribution in [0.25, 0.3) is 0 Å². The highest BCUT2D eigenvalue weighted by atomic mass is 19.4. The van der Waals surface area contributed by atoms with E-state index in [0.717, 1.165) is 12.7 Å². The number of benzene rings is 2. The molecule has 0 spiro atoms. The Hall–Kier alpha value is -2.67. The summed E-state index contributed by atoms with van der Waals surface area (Å²) in [6.45, 7) is 1.79. The van der Waals surface area contributed by atoms with Crippen molar-refractivity contribution in [2.45, 2.75) is 37.6 Å². The summed E-state index contributed by atoms with van der Waals surface area (Å²) < 4.78 is 52.1. The summed E-state index contributed by atoms with van der Waals surface area (Å²) in [5.41, 5.74) is -2.02. The average molecular weight is 392 g/mol. The highest BCUT2D eigenvalue weighted by molar-refractivity contribution is 5.99. The van der Waals surface area contributed by atoms with Crippen LogP contribution in [0.4, 0.5) is 13.2 Å². The molecule has 0 saturated carbocycles. The number of Topliss-reactive ketones (excluding diaryl/α,β-unsaturated/α-hetero) is 1. The number of carbonyl (C=O) groups is 2. The molecule has 0 radical (unpaired) electrons. The second kappa shape index (κ2) is 7.39. The van der Waals surface area contributed by atoms with Gasteiger partial charge in [0.05, 0.1) is 0 Å². The highest BCUT2D eigenvalue weighted by Crippen LogP contribution is 2.45. The maximum atomic E-state index is 14.0. The van der Waals surface area contributed by atoms with E-state index in [1.165, 1.54) is 30.3 Å². The van der Waals surface area contributed by atoms with Crippen molar-refractivity contribution in [1.82, 2.24) is 0 Å². The first-order valence-corrected chi connectivity index (χ1v) is 8.73. The van der Waals surface area contributed by atoms with E-state index in [-0.39, 0.29) is 24.2 Å². The van der Waals surface area contributed by atoms with Crippen LogP contribution in [0.15, 0.2) is 48.5 Å². The fourth-order valence-corrected chi connectivity index (χ4v) is 3.48. The van der Waals surface area contributed by atoms with E-state index in [0.29, 0.717) is 11.1 Å². The van der Waals surface area contributed by atoms with Gasteiger partial charge in [-0.3, -0.25) is 4.79 Å². The third kappa shape index (κ3) is 3.30. The molecule has 0 N–H and O–H groups in total. The van der Waals surface area contributed by atoms with Crippen molar-refractivity contribution in [1.29, 1.82) is 0 Å². The monoisotopic (exact) mass is 392 g/mol. The van der Waals surface area contributed by atoms with Gasteiger partial charge < -0.3 is 9.47 Å². The number of aryl methyl sites for hydroxylation is 1. The fourth-order valence-electron chi connectivity index (χ4n) is 3.48. The van der Waals surface area contributed by atoms with E-state index >= 15 is 0 Å². The van der Waals surface area contributed by atoms with Gasteiger partial charge in [0.15, 0.2) is 5.78 Å². The number of halogens is 3. The van der Waals surface area contributed by atoms with Gasteiger partial charge in [0.25, 0.3) is 5.60 Å². The first kappa shape index (κ1) is 20.1. The van der Waals surface area contributed by atoms with E-state index in [2.05, 4.69) is 0 Å². The van der Waals surface area contributed by atoms with Crippen LogP contribution in [0.5, 0.6) is 0 Å². The molecule has 0 saturated heterocycles. The number of alkyl halides is 3. The van der Waals surface area contributed by atoms with Gasteiger partial charge in [0.1, 0.15) is 6.10 Å². The van der Waals surface area contributed by atoms with Crippen molar-refractivity contribution in [3.8, 4) is 0 Å². The Kier molecular flexibility index (Phi) is 5.30. The predicted molar refractivity (Wildman–Crippen MR) is 94.8 cm³/mol. The summed E-state index contributed by atoms with van der Waals surface area (Å²) in [6.07, 6.45) is -5.79. The number of fused-ring (bicyclic) bond motifs is 1. The summed E-state index contributed by atoms with van der Waals surface area (Å²) in [6, 6.07) is 11.7. The Balaban J connectivity index is 2.02. The number of esters is 1. The van der Waals surface area contributed by atoms with Gasteiger partial charge in [-0.1, -0.05) is 54.1 Å². The first-order valence-electron chi connectivity index (χ1n) is 8.73. The average Bonchev–Trinajstić information content (AvgIpc) is 2.65. The van der Waals surface area contributed by atoms with Crippen LogP contribution >= 0.6 is 0 Å². The number of methoxy groups -OCH3 is 1. The minimum absolute atomic E-state index is 0.0886. The van der Waals surface area contributed by atoms with Crippen molar-refractivity contribution in [3.63, 3.8) is 0 Å². The quantitative estimate of drug-likeness (QED) is 0.710. The van der Waals surface area contributed by atoms with Gasteiger partial charge in [0, 0.05) is 30.2 Å². The minimum atomic E-state index is -5.04. The number of hydrogen-bond donors (Lipinski definition) is 0. The van der Waals surface area contributed by atoms with Gasteiger partial charge >= 0.3 is 12.1 Å². The number of rotatable bonds is 4. The summed E-state index contributed by atoms with van der Waals surface area (Å²) in [4.78, 5) is 25.0. The predicted octanol–water partition coefficient (Wildman–Crippen LogP) is 4.66. The lowest BCUT2D eigenvalue weighted by atomic mass is 9.87. The van der Waals surface area contributed by atoms with Crippen LogP contribution in [0.2, 0.25) is 0 Å². The molecule has 2 aromatic rings. The van der Waals surface area contributed by atoms with Crippen LogP contribution in [-0.4, -0.2) is 25.0 Å². The molecular weight excluding hydrogens is 373 g/mol. The topological polar surface area (TPSA) is 52.6 Å². The molecule has 2 aromatic carbocycles. The number of carbonyl (C=O) groups excluding carboxylic acids is 2. The van der Waals surface area contributed by atoms with Crippen LogP contribution in [-0.2, 0) is 19.9 Å². The van der Waals surface area contributed by atoms with E-state index in [1.54, 1.807) is 25.1 Å². The smallest absolute Gasteiger partial charge is 0.432 e. The molecule has 0 heterocycles. The van der Waals surface area contributed by atoms with Crippen molar-refractivity contribution < 1.29 is 32.2 Å². The summed E-state index contributed by atoms with van der Waals surface area (Å²) >= 11 is 0. The van der Waals surface area contributed by atoms with E-state index in [1.807, 2.05) is 0 Å². The van der Waals surface area contributed by atoms with Crippen LogP contribution < -0.4 is 0 Å². The molecule has 28 heavy (non-hydrogen) atoms. The molecular formula is C21H19F3O4. The number of ketones is 1. The van der Waals surface area contributed by atoms with Gasteiger partial charge in [-0.25, -0.2) is 4.79 Å². The Bertz CT molecular complexity index is 892. The molecule has 3 rings (SSSR count). The number of ether oxygens (including phenoxy) is 2. The molecule has 1 aliphatic carbocycles. The molecule has 0 aromatic heterocycles. The maximum absolute atomic E-state index is 14.0. The Morgan fingerprint density at radius 3 is 2.39 bits per heavy atom. The first-order chi connectivity index (χ1) is 13.2. The van der Waals surface area contributed by atoms with Gasteiger partial charge in [-0.15, -0.1) is 0 Å². The van der Waals surface area contributed by atoms with Crippen LogP contribution in [0, 0.1) is 6.92 Å². The molecule has 1 aliphatic rings. The zero-order chi connectivity index (χ0) is 20.5. The van der Waals surface area contributed by atoms with Gasteiger partial charge in [0.2, 0.25) is 0 Å². The third-order valence-corrected chi connectivity index (χ3v) is 4.91. The third-order valence-electron chi connectivity index (χ3n) is 4.91. The van der Waals surface area contributed by atoms with Gasteiger partial charge in [-0.05, 0) is 13.3 Å². The van der Waals surface area contributed by atoms with E-state index in [9.17, 15) is 22.8 Å². The number of hydrogen-bond acceptors (Lipinski definition) is 4. The van der Waals surface area contributed by atoms with Crippen LogP contribution in [0.3, 0.4) is 0 Å². The van der Waals surface area contributed by atoms with Crippen molar-refractivity contribution in [2.24, 2.45) is 0 Å². The summed E-state index contributed by atoms with van der Waals surface area (Å²) in [5.74, 6) is -1.68. The maximum Gasteiger partial charge on any atom is 0.432 e. The Labute approximate surface area is 160 Å². The molecule has 0 bridgehead atoms. The normalized spacial score (nSPS) is 18.9. The second-order valence-corrected chi connectivity index (χ2v) is 6.70. The van der Waals surface area contributed by atoms with Crippen LogP contribution in [0.1, 0.15) is 46.0 Å². The SMILES string of the molecule is CO[C@@](C(=O)O[C@H]1CCC(=O)c2ccc(C)cc21)(c1ccccc1)C(F)(F)F. The molecule has 2 atom stereocenters. The zero-order valence-corrected chi connectivity index (χ0v) is 15.4. The fraction of sp³-hybridized carbons (Fsp3) is 0.333. The molecule has 7 heteroatoms. The molecule has 4 nitrogen and oxygen atoms in total. The molecule has 0 aliphatic heterocycles. The minimum Gasteiger partial charge on any atom is -0.455 e. The lowest BCUT2D eigenvalue weighted by Gasteiger charge is -2.34. The van der Waals surface area contributed by atoms with Gasteiger partial charge in [-0.2, -0.15) is 13.2 Å². The molecule has 148 valence electrons. The van der Waals surface area contributed by atoms with Crippen molar-refractivity contribution >= 4 is 11.8 Å². The standard InChI is InChI=1S/C21H19F3O4/c1-13-8-9-15-16(12-13)18(11-10-17(15)25)28-19(26)20(27-2,21(22,23)24)14-6-4-3-5-7-14/h3-9,12,18H,10-11H2,1-2H3/t18-,20+/m0/s1. The largest absolute Gasteiger partial charge is 0.455 e. The highest BCUT2D eigenvalue weighted by Gasteiger charge is 2.64. The Morgan fingerprint density at radius 1 is 1.11 bits per heavy atom. The summed E-state index contributed by atoms with van der Waals surface area (Å²) in [7, 11) is 0.824. The molecule has 0 fully saturated rings. The van der Waals surface area contributed by atoms with Crippen molar-refractivity contribution in [3.05, 3.63) is 70.8 Å². The Morgan fingerprint density at radius 2 is 1.79 bits per heavy atom. The van der Waals surface area contributed by atoms with E-state index in [4.69, 9.17) is 9.47 Å². The van der Waals surface area contributed by atoms with E-state index < -0.39 is 23.9 Å². The molecule has 0 amide bonds.